The molecule has 18 nitrogen and oxygen atoms in total. The van der Waals surface area contributed by atoms with Gasteiger partial charge in [-0.1, -0.05) is 0 Å². The normalized spacial score (nSPS) is 15.2. The summed E-state index contributed by atoms with van der Waals surface area (Å²) in [5, 5.41) is 11.7. The average molecular weight is 1100 g/mol. The van der Waals surface area contributed by atoms with E-state index in [1.165, 1.54) is 9.36 Å². The number of nitrogens with zero attached hydrogens (tertiary/aromatic N) is 7. The maximum atomic E-state index is 13.8. The van der Waals surface area contributed by atoms with Crippen molar-refractivity contribution in [1.29, 1.82) is 0 Å². The van der Waals surface area contributed by atoms with Gasteiger partial charge in [0.1, 0.15) is 22.9 Å². The fourth-order valence-electron chi connectivity index (χ4n) is 9.00. The van der Waals surface area contributed by atoms with Crippen LogP contribution in [-0.2, 0) is 31.9 Å². The first-order valence-corrected chi connectivity index (χ1v) is 25.5. The molecule has 6 heterocycles. The van der Waals surface area contributed by atoms with Gasteiger partial charge in [0.25, 0.3) is 11.8 Å². The van der Waals surface area contributed by atoms with Crippen LogP contribution in [0.3, 0.4) is 0 Å². The predicted molar refractivity (Wildman–Crippen MR) is 282 cm³/mol. The zero-order chi connectivity index (χ0) is 51.6. The number of anilines is 3. The van der Waals surface area contributed by atoms with Gasteiger partial charge in [0.2, 0.25) is 11.8 Å². The van der Waals surface area contributed by atoms with Crippen LogP contribution in [0.4, 0.5) is 17.1 Å². The van der Waals surface area contributed by atoms with Crippen LogP contribution >= 0.6 is 22.6 Å². The molecule has 4 aliphatic heterocycles. The van der Waals surface area contributed by atoms with Gasteiger partial charge in [0.05, 0.1) is 38.8 Å². The van der Waals surface area contributed by atoms with Crippen LogP contribution in [0.1, 0.15) is 105 Å². The van der Waals surface area contributed by atoms with E-state index in [2.05, 4.69) is 38.1 Å². The lowest BCUT2D eigenvalue weighted by Crippen LogP contribution is -2.39. The Labute approximate surface area is 436 Å². The SMILES string of the molecule is CCOC(=O)c1nn(-c2ccc(OC)cc2)c2c1CCN(c1ccc(I)cc1)C2=O.CCOC(=O)c1nn(-c2ccc(OC)cc2)c2c1CCN(c1ccc(N3CCCCC3=O)cc1)C2=O.O=C1CCCCN1. The number of piperidine rings is 2. The molecular formula is C54H57IN8O10. The molecule has 380 valence electrons. The topological polar surface area (TPSA) is 197 Å². The van der Waals surface area contributed by atoms with Crippen LogP contribution in [0.15, 0.2) is 97.1 Å². The van der Waals surface area contributed by atoms with E-state index in [0.717, 1.165) is 59.3 Å². The Bertz CT molecular complexity index is 2960. The van der Waals surface area contributed by atoms with Crippen molar-refractivity contribution in [2.24, 2.45) is 0 Å². The highest BCUT2D eigenvalue weighted by Gasteiger charge is 2.37. The summed E-state index contributed by atoms with van der Waals surface area (Å²) in [7, 11) is 3.17. The van der Waals surface area contributed by atoms with E-state index in [1.54, 1.807) is 91.3 Å². The Kier molecular flexibility index (Phi) is 16.9. The van der Waals surface area contributed by atoms with Crippen molar-refractivity contribution in [3.05, 3.63) is 135 Å². The van der Waals surface area contributed by atoms with E-state index < -0.39 is 11.9 Å². The van der Waals surface area contributed by atoms with Gasteiger partial charge in [0, 0.05) is 70.8 Å². The van der Waals surface area contributed by atoms with Crippen LogP contribution in [-0.4, -0.2) is 109 Å². The number of halogens is 1. The summed E-state index contributed by atoms with van der Waals surface area (Å²) in [6.45, 7) is 6.40. The van der Waals surface area contributed by atoms with Crippen molar-refractivity contribution >= 4 is 75.2 Å². The van der Waals surface area contributed by atoms with Gasteiger partial charge in [-0.3, -0.25) is 19.2 Å². The highest BCUT2D eigenvalue weighted by atomic mass is 127. The predicted octanol–water partition coefficient (Wildman–Crippen LogP) is 7.93. The first-order valence-electron chi connectivity index (χ1n) is 24.4. The van der Waals surface area contributed by atoms with Gasteiger partial charge < -0.3 is 39.0 Å². The minimum absolute atomic E-state index is 0.127. The Morgan fingerprint density at radius 2 is 0.959 bits per heavy atom. The number of ether oxygens (including phenoxy) is 4. The first-order chi connectivity index (χ1) is 35.4. The quantitative estimate of drug-likeness (QED) is 0.0974. The Balaban J connectivity index is 0.000000174. The summed E-state index contributed by atoms with van der Waals surface area (Å²) in [4.78, 5) is 80.3. The number of carbonyl (C=O) groups excluding carboxylic acids is 6. The average Bonchev–Trinajstić information content (AvgIpc) is 4.01. The fraction of sp³-hybridized carbons (Fsp3) is 0.333. The second kappa shape index (κ2) is 23.8. The number of hydrogen-bond donors (Lipinski definition) is 1. The number of nitrogens with one attached hydrogen (secondary N) is 1. The Hall–Kier alpha value is -7.55. The standard InChI is InChI=1S/C27H28N4O5.C22H20IN3O4.C5H9NO/c1-3-36-27(34)24-22-15-17-30(19-9-7-18(8-10-19)29-16-5-4-6-23(29)32)26(33)25(22)31(28-24)20-11-13-21(35-2)14-12-20;1-3-30-22(28)19-18-12-13-25(15-6-4-14(23)5-7-15)21(27)20(18)26(24-19)16-8-10-17(29-2)11-9-16;7-5-3-1-2-4-6-5/h7-14H,3-6,15-17H2,1-2H3;4-11H,3,12-13H2,1-2H3;1-4H2,(H,6,7). The maximum Gasteiger partial charge on any atom is 0.359 e. The second-order valence-corrected chi connectivity index (χ2v) is 18.5. The van der Waals surface area contributed by atoms with Gasteiger partial charge in [0.15, 0.2) is 11.4 Å². The van der Waals surface area contributed by atoms with Gasteiger partial charge in [-0.25, -0.2) is 19.0 Å². The lowest BCUT2D eigenvalue weighted by atomic mass is 10.0. The van der Waals surface area contributed by atoms with E-state index in [0.29, 0.717) is 84.3 Å². The summed E-state index contributed by atoms with van der Waals surface area (Å²) < 4.78 is 25.0. The third-order valence-corrected chi connectivity index (χ3v) is 13.4. The van der Waals surface area contributed by atoms with Gasteiger partial charge in [-0.15, -0.1) is 0 Å². The largest absolute Gasteiger partial charge is 0.497 e. The smallest absolute Gasteiger partial charge is 0.359 e. The molecule has 4 amide bonds. The Morgan fingerprint density at radius 1 is 0.534 bits per heavy atom. The van der Waals surface area contributed by atoms with Gasteiger partial charge >= 0.3 is 11.9 Å². The molecule has 19 heteroatoms. The number of aromatic nitrogens is 4. The van der Waals surface area contributed by atoms with E-state index >= 15 is 0 Å². The van der Waals surface area contributed by atoms with E-state index in [4.69, 9.17) is 18.9 Å². The third-order valence-electron chi connectivity index (χ3n) is 12.7. The number of carbonyl (C=O) groups is 6. The third kappa shape index (κ3) is 11.6. The van der Waals surface area contributed by atoms with Crippen LogP contribution < -0.4 is 29.5 Å². The van der Waals surface area contributed by atoms with Crippen molar-refractivity contribution < 1.29 is 47.7 Å². The number of benzene rings is 4. The Morgan fingerprint density at radius 3 is 1.34 bits per heavy atom. The number of rotatable bonds is 11. The van der Waals surface area contributed by atoms with Gasteiger partial charge in [-0.05, 0) is 172 Å². The zero-order valence-corrected chi connectivity index (χ0v) is 43.4. The molecule has 0 radical (unpaired) electrons. The molecule has 73 heavy (non-hydrogen) atoms. The van der Waals surface area contributed by atoms with Crippen molar-refractivity contribution in [3.63, 3.8) is 0 Å². The lowest BCUT2D eigenvalue weighted by Gasteiger charge is -2.29. The molecule has 0 aliphatic carbocycles. The number of amides is 4. The van der Waals surface area contributed by atoms with Gasteiger partial charge in [-0.2, -0.15) is 10.2 Å². The van der Waals surface area contributed by atoms with Crippen molar-refractivity contribution in [3.8, 4) is 22.9 Å². The fourth-order valence-corrected chi connectivity index (χ4v) is 9.36. The van der Waals surface area contributed by atoms with E-state index in [1.807, 2.05) is 48.5 Å². The molecule has 0 spiro atoms. The summed E-state index contributed by atoms with van der Waals surface area (Å²) in [5.41, 5.74) is 5.95. The molecule has 1 N–H and O–H groups in total. The van der Waals surface area contributed by atoms with E-state index in [9.17, 15) is 28.8 Å². The second-order valence-electron chi connectivity index (χ2n) is 17.2. The monoisotopic (exact) mass is 1100 g/mol. The summed E-state index contributed by atoms with van der Waals surface area (Å²) in [6.07, 6.45) is 6.41. The summed E-state index contributed by atoms with van der Waals surface area (Å²) >= 11 is 2.23. The number of esters is 2. The van der Waals surface area contributed by atoms with Crippen LogP contribution in [0, 0.1) is 3.57 Å². The number of fused-ring (bicyclic) bond motifs is 2. The molecule has 4 aliphatic rings. The molecule has 0 unspecified atom stereocenters. The minimum atomic E-state index is -0.544. The molecule has 4 aromatic carbocycles. The number of methoxy groups -OCH3 is 2. The number of hydrogen-bond acceptors (Lipinski definition) is 12. The zero-order valence-electron chi connectivity index (χ0n) is 41.2. The highest BCUT2D eigenvalue weighted by Crippen LogP contribution is 2.33. The van der Waals surface area contributed by atoms with Crippen LogP contribution in [0.5, 0.6) is 11.5 Å². The minimum Gasteiger partial charge on any atom is -0.497 e. The highest BCUT2D eigenvalue weighted by molar-refractivity contribution is 14.1. The summed E-state index contributed by atoms with van der Waals surface area (Å²) in [6, 6.07) is 29.6. The van der Waals surface area contributed by atoms with Crippen molar-refractivity contribution in [2.75, 3.05) is 68.3 Å². The lowest BCUT2D eigenvalue weighted by molar-refractivity contribution is -0.122. The van der Waals surface area contributed by atoms with Crippen molar-refractivity contribution in [1.82, 2.24) is 24.9 Å². The van der Waals surface area contributed by atoms with Crippen molar-refractivity contribution in [2.45, 2.75) is 65.2 Å². The molecule has 10 rings (SSSR count). The molecule has 2 saturated heterocycles. The molecule has 0 saturated carbocycles. The van der Waals surface area contributed by atoms with Crippen LogP contribution in [0.25, 0.3) is 11.4 Å². The molecule has 2 aromatic heterocycles. The molecule has 2 fully saturated rings. The van der Waals surface area contributed by atoms with Crippen LogP contribution in [0.2, 0.25) is 0 Å². The maximum absolute atomic E-state index is 13.8. The molecular weight excluding hydrogens is 1050 g/mol. The summed E-state index contributed by atoms with van der Waals surface area (Å²) in [5.74, 6) is 0.194. The van der Waals surface area contributed by atoms with E-state index in [-0.39, 0.29) is 48.2 Å². The molecule has 6 aromatic rings. The molecule has 0 bridgehead atoms. The molecule has 0 atom stereocenters. The first kappa shape index (κ1) is 51.8.